The molecular formula is C12H17NO2. The number of aliphatic carboxylic acids is 1. The molecule has 0 radical (unpaired) electrons. The summed E-state index contributed by atoms with van der Waals surface area (Å²) < 4.78 is 0. The summed E-state index contributed by atoms with van der Waals surface area (Å²) in [6.07, 6.45) is 0.188. The van der Waals surface area contributed by atoms with Crippen LogP contribution >= 0.6 is 0 Å². The minimum absolute atomic E-state index is 0.188. The first-order chi connectivity index (χ1) is 7.11. The highest BCUT2D eigenvalue weighted by Crippen LogP contribution is 2.17. The molecule has 0 saturated heterocycles. The SMILES string of the molecule is CC(c1ccccc1)N(C)CCC(=O)O. The molecule has 3 nitrogen and oxygen atoms in total. The van der Waals surface area contributed by atoms with E-state index >= 15 is 0 Å². The van der Waals surface area contributed by atoms with E-state index in [9.17, 15) is 4.79 Å². The molecule has 0 fully saturated rings. The van der Waals surface area contributed by atoms with Gasteiger partial charge in [0.25, 0.3) is 0 Å². The number of carboxylic acids is 1. The Morgan fingerprint density at radius 3 is 2.53 bits per heavy atom. The molecule has 0 bridgehead atoms. The summed E-state index contributed by atoms with van der Waals surface area (Å²) in [4.78, 5) is 12.5. The second-order valence-corrected chi connectivity index (χ2v) is 3.71. The lowest BCUT2D eigenvalue weighted by atomic mass is 10.1. The molecule has 0 aliphatic heterocycles. The van der Waals surface area contributed by atoms with Gasteiger partial charge in [-0.2, -0.15) is 0 Å². The Balaban J connectivity index is 2.53. The normalized spacial score (nSPS) is 12.7. The first-order valence-electron chi connectivity index (χ1n) is 5.08. The highest BCUT2D eigenvalue weighted by molar-refractivity contribution is 5.66. The van der Waals surface area contributed by atoms with Gasteiger partial charge in [-0.25, -0.2) is 0 Å². The molecule has 1 unspecified atom stereocenters. The van der Waals surface area contributed by atoms with Gasteiger partial charge in [0.2, 0.25) is 0 Å². The van der Waals surface area contributed by atoms with Gasteiger partial charge in [0.1, 0.15) is 0 Å². The zero-order valence-electron chi connectivity index (χ0n) is 9.18. The predicted octanol–water partition coefficient (Wildman–Crippen LogP) is 2.15. The Morgan fingerprint density at radius 1 is 1.40 bits per heavy atom. The fourth-order valence-corrected chi connectivity index (χ4v) is 1.45. The molecule has 1 N–H and O–H groups in total. The molecule has 3 heteroatoms. The van der Waals surface area contributed by atoms with Crippen LogP contribution in [-0.2, 0) is 4.79 Å². The fraction of sp³-hybridized carbons (Fsp3) is 0.417. The average Bonchev–Trinajstić information content (AvgIpc) is 2.26. The molecule has 1 rings (SSSR count). The van der Waals surface area contributed by atoms with Crippen LogP contribution in [0.1, 0.15) is 24.9 Å². The molecule has 0 aliphatic rings. The lowest BCUT2D eigenvalue weighted by molar-refractivity contribution is -0.137. The van der Waals surface area contributed by atoms with Gasteiger partial charge < -0.3 is 5.11 Å². The van der Waals surface area contributed by atoms with E-state index in [-0.39, 0.29) is 12.5 Å². The Bertz CT molecular complexity index is 311. The van der Waals surface area contributed by atoms with Crippen molar-refractivity contribution in [1.29, 1.82) is 0 Å². The van der Waals surface area contributed by atoms with Crippen molar-refractivity contribution in [2.75, 3.05) is 13.6 Å². The number of carboxylic acid groups (broad SMARTS) is 1. The van der Waals surface area contributed by atoms with E-state index in [0.717, 1.165) is 0 Å². The predicted molar refractivity (Wildman–Crippen MR) is 59.7 cm³/mol. The summed E-state index contributed by atoms with van der Waals surface area (Å²) in [6.45, 7) is 2.66. The maximum absolute atomic E-state index is 10.4. The van der Waals surface area contributed by atoms with E-state index in [2.05, 4.69) is 19.1 Å². The van der Waals surface area contributed by atoms with Gasteiger partial charge in [0.15, 0.2) is 0 Å². The fourth-order valence-electron chi connectivity index (χ4n) is 1.45. The number of hydrogen-bond donors (Lipinski definition) is 1. The van der Waals surface area contributed by atoms with Gasteiger partial charge in [-0.1, -0.05) is 30.3 Å². The smallest absolute Gasteiger partial charge is 0.304 e. The monoisotopic (exact) mass is 207 g/mol. The van der Waals surface area contributed by atoms with Gasteiger partial charge in [0, 0.05) is 12.6 Å². The number of benzene rings is 1. The summed E-state index contributed by atoms with van der Waals surface area (Å²) in [5.41, 5.74) is 1.21. The minimum atomic E-state index is -0.748. The Kier molecular flexibility index (Phi) is 4.31. The van der Waals surface area contributed by atoms with Crippen molar-refractivity contribution in [1.82, 2.24) is 4.90 Å². The first-order valence-corrected chi connectivity index (χ1v) is 5.08. The van der Waals surface area contributed by atoms with Crippen LogP contribution in [0.3, 0.4) is 0 Å². The lowest BCUT2D eigenvalue weighted by Gasteiger charge is -2.24. The van der Waals surface area contributed by atoms with Gasteiger partial charge in [0.05, 0.1) is 6.42 Å². The topological polar surface area (TPSA) is 40.5 Å². The van der Waals surface area contributed by atoms with Crippen LogP contribution in [0, 0.1) is 0 Å². The molecule has 0 amide bonds. The highest BCUT2D eigenvalue weighted by atomic mass is 16.4. The van der Waals surface area contributed by atoms with Crippen LogP contribution in [0.15, 0.2) is 30.3 Å². The first kappa shape index (κ1) is 11.7. The Morgan fingerprint density at radius 2 is 2.00 bits per heavy atom. The van der Waals surface area contributed by atoms with E-state index in [1.165, 1.54) is 5.56 Å². The van der Waals surface area contributed by atoms with E-state index < -0.39 is 5.97 Å². The summed E-state index contributed by atoms with van der Waals surface area (Å²) in [6, 6.07) is 10.3. The van der Waals surface area contributed by atoms with Crippen molar-refractivity contribution < 1.29 is 9.90 Å². The summed E-state index contributed by atoms with van der Waals surface area (Å²) >= 11 is 0. The van der Waals surface area contributed by atoms with Crippen molar-refractivity contribution in [2.45, 2.75) is 19.4 Å². The van der Waals surface area contributed by atoms with Crippen LogP contribution in [0.2, 0.25) is 0 Å². The minimum Gasteiger partial charge on any atom is -0.481 e. The number of rotatable bonds is 5. The summed E-state index contributed by atoms with van der Waals surface area (Å²) in [5, 5.41) is 8.59. The van der Waals surface area contributed by atoms with Crippen molar-refractivity contribution in [3.63, 3.8) is 0 Å². The Hall–Kier alpha value is -1.35. The van der Waals surface area contributed by atoms with Crippen molar-refractivity contribution in [2.24, 2.45) is 0 Å². The standard InChI is InChI=1S/C12H17NO2/c1-10(11-6-4-3-5-7-11)13(2)9-8-12(14)15/h3-7,10H,8-9H2,1-2H3,(H,14,15). The number of carbonyl (C=O) groups is 1. The third-order valence-electron chi connectivity index (χ3n) is 2.62. The van der Waals surface area contributed by atoms with Crippen LogP contribution in [-0.4, -0.2) is 29.6 Å². The molecule has 1 atom stereocenters. The quantitative estimate of drug-likeness (QED) is 0.804. The van der Waals surface area contributed by atoms with E-state index in [1.807, 2.05) is 30.1 Å². The van der Waals surface area contributed by atoms with Crippen LogP contribution in [0.5, 0.6) is 0 Å². The molecule has 0 heterocycles. The number of hydrogen-bond acceptors (Lipinski definition) is 2. The molecule has 0 aliphatic carbocycles. The van der Waals surface area contributed by atoms with Gasteiger partial charge in [-0.3, -0.25) is 9.69 Å². The van der Waals surface area contributed by atoms with Gasteiger partial charge in [-0.05, 0) is 19.5 Å². The molecule has 1 aromatic carbocycles. The van der Waals surface area contributed by atoms with E-state index in [4.69, 9.17) is 5.11 Å². The Labute approximate surface area is 90.3 Å². The highest BCUT2D eigenvalue weighted by Gasteiger charge is 2.11. The van der Waals surface area contributed by atoms with Gasteiger partial charge in [-0.15, -0.1) is 0 Å². The summed E-state index contributed by atoms with van der Waals surface area (Å²) in [5.74, 6) is -0.748. The second kappa shape index (κ2) is 5.51. The second-order valence-electron chi connectivity index (χ2n) is 3.71. The molecule has 0 saturated carbocycles. The molecule has 0 aromatic heterocycles. The average molecular weight is 207 g/mol. The third-order valence-corrected chi connectivity index (χ3v) is 2.62. The van der Waals surface area contributed by atoms with E-state index in [0.29, 0.717) is 6.54 Å². The van der Waals surface area contributed by atoms with Crippen LogP contribution in [0.25, 0.3) is 0 Å². The molecule has 1 aromatic rings. The summed E-state index contributed by atoms with van der Waals surface area (Å²) in [7, 11) is 1.95. The number of nitrogens with zero attached hydrogens (tertiary/aromatic N) is 1. The van der Waals surface area contributed by atoms with Crippen molar-refractivity contribution >= 4 is 5.97 Å². The molecule has 0 spiro atoms. The largest absolute Gasteiger partial charge is 0.481 e. The van der Waals surface area contributed by atoms with Gasteiger partial charge >= 0.3 is 5.97 Å². The van der Waals surface area contributed by atoms with Crippen LogP contribution < -0.4 is 0 Å². The molecule has 82 valence electrons. The van der Waals surface area contributed by atoms with E-state index in [1.54, 1.807) is 0 Å². The zero-order chi connectivity index (χ0) is 11.3. The van der Waals surface area contributed by atoms with Crippen LogP contribution in [0.4, 0.5) is 0 Å². The van der Waals surface area contributed by atoms with Crippen molar-refractivity contribution in [3.8, 4) is 0 Å². The molecule has 15 heavy (non-hydrogen) atoms. The zero-order valence-corrected chi connectivity index (χ0v) is 9.18. The maximum atomic E-state index is 10.4. The third kappa shape index (κ3) is 3.72. The lowest BCUT2D eigenvalue weighted by Crippen LogP contribution is -2.25. The maximum Gasteiger partial charge on any atom is 0.304 e. The van der Waals surface area contributed by atoms with Crippen molar-refractivity contribution in [3.05, 3.63) is 35.9 Å². The molecular weight excluding hydrogens is 190 g/mol.